The molecule has 0 heterocycles. The van der Waals surface area contributed by atoms with Gasteiger partial charge in [0.05, 0.1) is 19.5 Å². The summed E-state index contributed by atoms with van der Waals surface area (Å²) in [6, 6.07) is 0. The van der Waals surface area contributed by atoms with Gasteiger partial charge in [-0.3, -0.25) is 13.8 Å². The van der Waals surface area contributed by atoms with Crippen LogP contribution >= 0.6 is 7.82 Å². The van der Waals surface area contributed by atoms with Crippen molar-refractivity contribution in [3.8, 4) is 0 Å². The van der Waals surface area contributed by atoms with Gasteiger partial charge in [0.25, 0.3) is 0 Å². The molecule has 0 aromatic rings. The summed E-state index contributed by atoms with van der Waals surface area (Å²) in [5.74, 6) is -0.350. The molecule has 0 rings (SSSR count). The number of hydrogen-bond donors (Lipinski definition) is 2. The highest BCUT2D eigenvalue weighted by atomic mass is 31.2. The minimum atomic E-state index is -4.28. The normalized spacial score (nSPS) is 14.2. The Bertz CT molecular complexity index is 1020. The molecule has 0 fully saturated rings. The molecule has 0 aliphatic heterocycles. The Hall–Kier alpha value is -2.22. The van der Waals surface area contributed by atoms with E-state index in [1.165, 1.54) is 83.5 Å². The maximum atomic E-state index is 12.4. The fraction of sp³-hybridized carbons (Fsp3) is 0.698. The lowest BCUT2D eigenvalue weighted by Crippen LogP contribution is -2.25. The molecule has 0 aromatic heterocycles. The first-order valence-electron chi connectivity index (χ1n) is 20.5. The van der Waals surface area contributed by atoms with Gasteiger partial charge in [-0.15, -0.1) is 0 Å². The molecule has 3 N–H and O–H groups in total. The Balaban J connectivity index is 4.25. The third kappa shape index (κ3) is 39.0. The largest absolute Gasteiger partial charge is 0.492 e. The summed E-state index contributed by atoms with van der Waals surface area (Å²) in [7, 11) is -4.28. The second-order valence-electron chi connectivity index (χ2n) is 13.2. The fourth-order valence-electron chi connectivity index (χ4n) is 5.08. The van der Waals surface area contributed by atoms with Crippen molar-refractivity contribution in [2.75, 3.05) is 26.4 Å². The molecule has 0 aliphatic rings. The van der Waals surface area contributed by atoms with E-state index in [1.54, 1.807) is 6.26 Å². The first-order chi connectivity index (χ1) is 25.4. The standard InChI is InChI=1S/C43H76NO7P/c1-3-5-7-9-11-13-15-17-19-21-22-24-26-28-30-32-34-36-43(45)49-40-42(41-51-52(46,47)50-39-37-44)48-38-35-33-31-29-27-25-23-20-18-16-14-12-10-8-6-4-2/h11,13,17-20,22,24,28,30,35,38,42H,3-10,12,14-16,21,23,25-27,29,31-34,36-37,39-41,44H2,1-2H3,(H,46,47). The van der Waals surface area contributed by atoms with E-state index in [-0.39, 0.29) is 38.8 Å². The first-order valence-corrected chi connectivity index (χ1v) is 22.0. The van der Waals surface area contributed by atoms with Crippen LogP contribution in [0.1, 0.15) is 162 Å². The molecule has 0 aromatic carbocycles. The maximum absolute atomic E-state index is 12.4. The van der Waals surface area contributed by atoms with E-state index in [1.807, 2.05) is 6.08 Å². The van der Waals surface area contributed by atoms with E-state index in [9.17, 15) is 14.3 Å². The van der Waals surface area contributed by atoms with Crippen LogP contribution in [0.4, 0.5) is 0 Å². The molecule has 2 unspecified atom stereocenters. The average Bonchev–Trinajstić information content (AvgIpc) is 3.14. The number of hydrogen-bond acceptors (Lipinski definition) is 7. The highest BCUT2D eigenvalue weighted by molar-refractivity contribution is 7.47. The van der Waals surface area contributed by atoms with Crippen LogP contribution in [0, 0.1) is 0 Å². The van der Waals surface area contributed by atoms with Crippen LogP contribution in [-0.2, 0) is 27.9 Å². The van der Waals surface area contributed by atoms with Crippen LogP contribution in [-0.4, -0.2) is 43.3 Å². The van der Waals surface area contributed by atoms with Crippen molar-refractivity contribution >= 4 is 13.8 Å². The highest BCUT2D eigenvalue weighted by Crippen LogP contribution is 2.43. The Labute approximate surface area is 318 Å². The second kappa shape index (κ2) is 40.0. The van der Waals surface area contributed by atoms with E-state index in [2.05, 4.69) is 74.6 Å². The van der Waals surface area contributed by atoms with Crippen molar-refractivity contribution in [1.82, 2.24) is 0 Å². The molecule has 9 heteroatoms. The first kappa shape index (κ1) is 49.8. The molecule has 0 bridgehead atoms. The zero-order valence-electron chi connectivity index (χ0n) is 33.0. The lowest BCUT2D eigenvalue weighted by Gasteiger charge is -2.19. The fourth-order valence-corrected chi connectivity index (χ4v) is 5.85. The van der Waals surface area contributed by atoms with Gasteiger partial charge in [0.2, 0.25) is 0 Å². The average molecular weight is 750 g/mol. The number of carbonyl (C=O) groups excluding carboxylic acids is 1. The molecule has 0 radical (unpaired) electrons. The summed E-state index contributed by atoms with van der Waals surface area (Å²) in [4.78, 5) is 22.2. The van der Waals surface area contributed by atoms with Crippen molar-refractivity contribution in [2.24, 2.45) is 5.73 Å². The Kier molecular flexibility index (Phi) is 38.3. The smallest absolute Gasteiger partial charge is 0.472 e. The second-order valence-corrected chi connectivity index (χ2v) is 14.7. The van der Waals surface area contributed by atoms with Gasteiger partial charge in [-0.05, 0) is 89.5 Å². The molecule has 0 amide bonds. The minimum absolute atomic E-state index is 0.0885. The zero-order valence-corrected chi connectivity index (χ0v) is 33.9. The lowest BCUT2D eigenvalue weighted by atomic mass is 10.1. The summed E-state index contributed by atoms with van der Waals surface area (Å²) < 4.78 is 33.1. The van der Waals surface area contributed by atoms with E-state index in [0.717, 1.165) is 51.4 Å². The van der Waals surface area contributed by atoms with Crippen molar-refractivity contribution in [1.29, 1.82) is 0 Å². The van der Waals surface area contributed by atoms with Crippen LogP contribution in [0.5, 0.6) is 0 Å². The number of unbranched alkanes of at least 4 members (excludes halogenated alkanes) is 15. The number of esters is 1. The number of rotatable bonds is 38. The van der Waals surface area contributed by atoms with Gasteiger partial charge in [0.1, 0.15) is 6.61 Å². The van der Waals surface area contributed by atoms with Crippen molar-refractivity contribution in [3.05, 3.63) is 73.1 Å². The molecule has 300 valence electrons. The Morgan fingerprint density at radius 2 is 1.04 bits per heavy atom. The van der Waals surface area contributed by atoms with Gasteiger partial charge in [-0.1, -0.05) is 132 Å². The van der Waals surface area contributed by atoms with Crippen molar-refractivity contribution < 1.29 is 32.8 Å². The summed E-state index contributed by atoms with van der Waals surface area (Å²) in [6.45, 7) is 4.09. The van der Waals surface area contributed by atoms with Crippen molar-refractivity contribution in [2.45, 2.75) is 168 Å². The molecular formula is C43H76NO7P. The Morgan fingerprint density at radius 1 is 0.596 bits per heavy atom. The van der Waals surface area contributed by atoms with E-state index >= 15 is 0 Å². The molecule has 8 nitrogen and oxygen atoms in total. The number of ether oxygens (including phenoxy) is 2. The van der Waals surface area contributed by atoms with Crippen molar-refractivity contribution in [3.63, 3.8) is 0 Å². The summed E-state index contributed by atoms with van der Waals surface area (Å²) in [5.41, 5.74) is 5.35. The van der Waals surface area contributed by atoms with Gasteiger partial charge in [-0.25, -0.2) is 4.57 Å². The van der Waals surface area contributed by atoms with Crippen LogP contribution in [0.25, 0.3) is 0 Å². The third-order valence-electron chi connectivity index (χ3n) is 8.19. The number of carbonyl (C=O) groups is 1. The molecular weight excluding hydrogens is 673 g/mol. The highest BCUT2D eigenvalue weighted by Gasteiger charge is 2.24. The topological polar surface area (TPSA) is 117 Å². The van der Waals surface area contributed by atoms with Crippen LogP contribution in [0.2, 0.25) is 0 Å². The quantitative estimate of drug-likeness (QED) is 0.0211. The van der Waals surface area contributed by atoms with Gasteiger partial charge < -0.3 is 20.1 Å². The number of allylic oxidation sites excluding steroid dienone is 11. The summed E-state index contributed by atoms with van der Waals surface area (Å²) >= 11 is 0. The molecule has 0 saturated carbocycles. The van der Waals surface area contributed by atoms with Crippen LogP contribution < -0.4 is 5.73 Å². The molecule has 52 heavy (non-hydrogen) atoms. The summed E-state index contributed by atoms with van der Waals surface area (Å²) in [5, 5.41) is 0. The van der Waals surface area contributed by atoms with E-state index < -0.39 is 13.9 Å². The lowest BCUT2D eigenvalue weighted by molar-refractivity contribution is -0.147. The monoisotopic (exact) mass is 750 g/mol. The number of nitrogens with two attached hydrogens (primary N) is 1. The van der Waals surface area contributed by atoms with Gasteiger partial charge in [0.15, 0.2) is 6.10 Å². The van der Waals surface area contributed by atoms with Gasteiger partial charge in [-0.2, -0.15) is 0 Å². The molecule has 2 atom stereocenters. The van der Waals surface area contributed by atoms with E-state index in [4.69, 9.17) is 24.3 Å². The Morgan fingerprint density at radius 3 is 1.60 bits per heavy atom. The summed E-state index contributed by atoms with van der Waals surface area (Å²) in [6.07, 6.45) is 50.2. The predicted molar refractivity (Wildman–Crippen MR) is 219 cm³/mol. The predicted octanol–water partition coefficient (Wildman–Crippen LogP) is 12.3. The van der Waals surface area contributed by atoms with Crippen LogP contribution in [0.15, 0.2) is 73.1 Å². The SMILES string of the molecule is CCCCCC=CCC=CCC=CCC=CCCCC(=O)OCC(COP(=O)(O)OCCN)OC=CCCCCCCC=CCCCCCCCC. The number of phosphoric acid groups is 1. The third-order valence-corrected chi connectivity index (χ3v) is 9.17. The molecule has 0 aliphatic carbocycles. The van der Waals surface area contributed by atoms with Gasteiger partial charge >= 0.3 is 13.8 Å². The maximum Gasteiger partial charge on any atom is 0.472 e. The van der Waals surface area contributed by atoms with Crippen LogP contribution in [0.3, 0.4) is 0 Å². The minimum Gasteiger partial charge on any atom is -0.492 e. The van der Waals surface area contributed by atoms with E-state index in [0.29, 0.717) is 6.42 Å². The number of phosphoric ester groups is 1. The van der Waals surface area contributed by atoms with Gasteiger partial charge in [0, 0.05) is 13.0 Å². The zero-order chi connectivity index (χ0) is 38.1. The molecule has 0 spiro atoms. The molecule has 0 saturated heterocycles.